The lowest BCUT2D eigenvalue weighted by atomic mass is 10.1. The van der Waals surface area contributed by atoms with E-state index in [9.17, 15) is 4.39 Å². The maximum atomic E-state index is 12.8. The fourth-order valence-electron chi connectivity index (χ4n) is 2.24. The van der Waals surface area contributed by atoms with Gasteiger partial charge in [0.25, 0.3) is 0 Å². The van der Waals surface area contributed by atoms with E-state index in [-0.39, 0.29) is 5.82 Å². The van der Waals surface area contributed by atoms with Crippen LogP contribution in [0, 0.1) is 5.82 Å². The highest BCUT2D eigenvalue weighted by Crippen LogP contribution is 2.35. The van der Waals surface area contributed by atoms with Crippen LogP contribution in [0.3, 0.4) is 0 Å². The molecule has 0 fully saturated rings. The Balaban J connectivity index is 1.51. The first-order chi connectivity index (χ1) is 9.83. The molecule has 0 spiro atoms. The maximum Gasteiger partial charge on any atom is 0.231 e. The van der Waals surface area contributed by atoms with E-state index in [0.717, 1.165) is 42.1 Å². The molecule has 1 aliphatic rings. The third-order valence-corrected chi connectivity index (χ3v) is 3.30. The van der Waals surface area contributed by atoms with Crippen LogP contribution in [-0.2, 0) is 13.0 Å². The Morgan fingerprint density at radius 3 is 2.75 bits per heavy atom. The molecule has 104 valence electrons. The second-order valence-corrected chi connectivity index (χ2v) is 4.70. The van der Waals surface area contributed by atoms with Crippen molar-refractivity contribution in [2.75, 3.05) is 13.3 Å². The number of nitrogens with one attached hydrogen (secondary N) is 1. The largest absolute Gasteiger partial charge is 0.454 e. The first kappa shape index (κ1) is 12.9. The summed E-state index contributed by atoms with van der Waals surface area (Å²) in [5.41, 5.74) is 2.22. The van der Waals surface area contributed by atoms with Gasteiger partial charge in [0.05, 0.1) is 0 Å². The molecule has 0 unspecified atom stereocenters. The minimum absolute atomic E-state index is 0.196. The highest BCUT2D eigenvalue weighted by molar-refractivity contribution is 5.48. The molecule has 2 aromatic carbocycles. The molecule has 1 N–H and O–H groups in total. The summed E-state index contributed by atoms with van der Waals surface area (Å²) >= 11 is 0. The monoisotopic (exact) mass is 273 g/mol. The van der Waals surface area contributed by atoms with Gasteiger partial charge in [-0.05, 0) is 36.7 Å². The van der Waals surface area contributed by atoms with E-state index in [4.69, 9.17) is 9.47 Å². The minimum atomic E-state index is -0.196. The Kier molecular flexibility index (Phi) is 3.83. The lowest BCUT2D eigenvalue weighted by molar-refractivity contribution is 0.173. The van der Waals surface area contributed by atoms with Crippen molar-refractivity contribution < 1.29 is 13.9 Å². The molecule has 4 heteroatoms. The molecule has 3 nitrogen and oxygen atoms in total. The van der Waals surface area contributed by atoms with E-state index >= 15 is 0 Å². The molecule has 0 aliphatic carbocycles. The molecule has 1 heterocycles. The summed E-state index contributed by atoms with van der Waals surface area (Å²) in [5.74, 6) is 1.45. The van der Waals surface area contributed by atoms with Gasteiger partial charge in [0.1, 0.15) is 5.82 Å². The summed E-state index contributed by atoms with van der Waals surface area (Å²) in [4.78, 5) is 0. The van der Waals surface area contributed by atoms with Crippen molar-refractivity contribution in [1.29, 1.82) is 0 Å². The van der Waals surface area contributed by atoms with Gasteiger partial charge in [0.2, 0.25) is 6.79 Å². The molecule has 3 rings (SSSR count). The van der Waals surface area contributed by atoms with Gasteiger partial charge in [-0.2, -0.15) is 0 Å². The van der Waals surface area contributed by atoms with Crippen LogP contribution >= 0.6 is 0 Å². The smallest absolute Gasteiger partial charge is 0.231 e. The maximum absolute atomic E-state index is 12.8. The van der Waals surface area contributed by atoms with Crippen LogP contribution < -0.4 is 14.8 Å². The average Bonchev–Trinajstić information content (AvgIpc) is 2.94. The Labute approximate surface area is 117 Å². The third kappa shape index (κ3) is 2.91. The Bertz CT molecular complexity index is 584. The van der Waals surface area contributed by atoms with Gasteiger partial charge in [-0.1, -0.05) is 24.3 Å². The Hall–Kier alpha value is -2.07. The first-order valence-electron chi connectivity index (χ1n) is 6.65. The zero-order valence-electron chi connectivity index (χ0n) is 11.1. The van der Waals surface area contributed by atoms with E-state index < -0.39 is 0 Å². The second-order valence-electron chi connectivity index (χ2n) is 4.70. The number of halogens is 1. The topological polar surface area (TPSA) is 30.5 Å². The number of ether oxygens (including phenoxy) is 2. The summed E-state index contributed by atoms with van der Waals surface area (Å²) in [6.07, 6.45) is 0.868. The number of hydrogen-bond acceptors (Lipinski definition) is 3. The van der Waals surface area contributed by atoms with Crippen LogP contribution in [0.25, 0.3) is 0 Å². The van der Waals surface area contributed by atoms with Crippen molar-refractivity contribution in [2.24, 2.45) is 0 Å². The van der Waals surface area contributed by atoms with E-state index in [0.29, 0.717) is 6.79 Å². The summed E-state index contributed by atoms with van der Waals surface area (Å²) in [6.45, 7) is 1.85. The van der Waals surface area contributed by atoms with Crippen molar-refractivity contribution in [3.05, 3.63) is 59.4 Å². The van der Waals surface area contributed by atoms with Gasteiger partial charge in [-0.25, -0.2) is 4.39 Å². The highest BCUT2D eigenvalue weighted by atomic mass is 19.1. The van der Waals surface area contributed by atoms with Crippen molar-refractivity contribution >= 4 is 0 Å². The van der Waals surface area contributed by atoms with Crippen LogP contribution in [0.4, 0.5) is 4.39 Å². The van der Waals surface area contributed by atoms with E-state index in [2.05, 4.69) is 5.32 Å². The molecule has 0 amide bonds. The predicted octanol–water partition coefficient (Wildman–Crippen LogP) is 2.89. The number of para-hydroxylation sites is 1. The molecule has 2 aromatic rings. The SMILES string of the molecule is Fc1ccc(CCNCc2cccc3c2OCO3)cc1. The molecular weight excluding hydrogens is 257 g/mol. The molecule has 0 saturated carbocycles. The molecule has 0 atom stereocenters. The van der Waals surface area contributed by atoms with Gasteiger partial charge in [0, 0.05) is 12.1 Å². The van der Waals surface area contributed by atoms with Crippen molar-refractivity contribution in [3.8, 4) is 11.5 Å². The predicted molar refractivity (Wildman–Crippen MR) is 74.4 cm³/mol. The minimum Gasteiger partial charge on any atom is -0.454 e. The second kappa shape index (κ2) is 5.92. The van der Waals surface area contributed by atoms with Crippen molar-refractivity contribution in [3.63, 3.8) is 0 Å². The quantitative estimate of drug-likeness (QED) is 0.850. The Morgan fingerprint density at radius 2 is 1.90 bits per heavy atom. The molecule has 0 saturated heterocycles. The Morgan fingerprint density at radius 1 is 1.05 bits per heavy atom. The van der Waals surface area contributed by atoms with Gasteiger partial charge in [-0.15, -0.1) is 0 Å². The van der Waals surface area contributed by atoms with Crippen molar-refractivity contribution in [2.45, 2.75) is 13.0 Å². The summed E-state index contributed by atoms with van der Waals surface area (Å²) < 4.78 is 23.6. The zero-order valence-corrected chi connectivity index (χ0v) is 11.1. The number of fused-ring (bicyclic) bond motifs is 1. The molecule has 1 aliphatic heterocycles. The fourth-order valence-corrected chi connectivity index (χ4v) is 2.24. The molecule has 20 heavy (non-hydrogen) atoms. The van der Waals surface area contributed by atoms with Crippen LogP contribution in [0.1, 0.15) is 11.1 Å². The van der Waals surface area contributed by atoms with Crippen molar-refractivity contribution in [1.82, 2.24) is 5.32 Å². The standard InChI is InChI=1S/C16H16FNO2/c17-14-6-4-12(5-7-14)8-9-18-10-13-2-1-3-15-16(13)20-11-19-15/h1-7,18H,8-11H2. The van der Waals surface area contributed by atoms with E-state index in [1.54, 1.807) is 0 Å². The van der Waals surface area contributed by atoms with E-state index in [1.165, 1.54) is 12.1 Å². The fraction of sp³-hybridized carbons (Fsp3) is 0.250. The van der Waals surface area contributed by atoms with Gasteiger partial charge in [-0.3, -0.25) is 0 Å². The van der Waals surface area contributed by atoms with Gasteiger partial charge in [0.15, 0.2) is 11.5 Å². The van der Waals surface area contributed by atoms with Crippen LogP contribution in [0.15, 0.2) is 42.5 Å². The molecule has 0 bridgehead atoms. The average molecular weight is 273 g/mol. The lowest BCUT2D eigenvalue weighted by Gasteiger charge is -2.07. The summed E-state index contributed by atoms with van der Waals surface area (Å²) in [5, 5.41) is 3.37. The highest BCUT2D eigenvalue weighted by Gasteiger charge is 2.16. The number of benzene rings is 2. The normalized spacial score (nSPS) is 12.7. The molecule has 0 radical (unpaired) electrons. The van der Waals surface area contributed by atoms with E-state index in [1.807, 2.05) is 30.3 Å². The van der Waals surface area contributed by atoms with Crippen LogP contribution in [0.5, 0.6) is 11.5 Å². The van der Waals surface area contributed by atoms with Crippen LogP contribution in [-0.4, -0.2) is 13.3 Å². The summed E-state index contributed by atoms with van der Waals surface area (Å²) in [6, 6.07) is 12.5. The van der Waals surface area contributed by atoms with Gasteiger partial charge < -0.3 is 14.8 Å². The molecule has 0 aromatic heterocycles. The number of rotatable bonds is 5. The number of hydrogen-bond donors (Lipinski definition) is 1. The molecular formula is C16H16FNO2. The first-order valence-corrected chi connectivity index (χ1v) is 6.65. The third-order valence-electron chi connectivity index (χ3n) is 3.30. The van der Waals surface area contributed by atoms with Gasteiger partial charge >= 0.3 is 0 Å². The zero-order chi connectivity index (χ0) is 13.8. The lowest BCUT2D eigenvalue weighted by Crippen LogP contribution is -2.17. The summed E-state index contributed by atoms with van der Waals surface area (Å²) in [7, 11) is 0. The van der Waals surface area contributed by atoms with Crippen LogP contribution in [0.2, 0.25) is 0 Å².